The van der Waals surface area contributed by atoms with E-state index >= 15 is 0 Å². The Morgan fingerprint density at radius 1 is 1.20 bits per heavy atom. The van der Waals surface area contributed by atoms with Gasteiger partial charge in [0.2, 0.25) is 11.7 Å². The quantitative estimate of drug-likeness (QED) is 0.920. The molecule has 4 nitrogen and oxygen atoms in total. The lowest BCUT2D eigenvalue weighted by Gasteiger charge is -2.18. The van der Waals surface area contributed by atoms with Crippen molar-refractivity contribution in [3.63, 3.8) is 0 Å². The molecule has 3 rings (SSSR count). The van der Waals surface area contributed by atoms with E-state index in [4.69, 9.17) is 4.52 Å². The van der Waals surface area contributed by atoms with Gasteiger partial charge in [0.15, 0.2) is 0 Å². The molecule has 0 spiro atoms. The number of halogens is 3. The van der Waals surface area contributed by atoms with E-state index in [1.54, 1.807) is 0 Å². The van der Waals surface area contributed by atoms with E-state index in [1.165, 1.54) is 0 Å². The van der Waals surface area contributed by atoms with Gasteiger partial charge in [-0.05, 0) is 19.4 Å². The molecule has 1 fully saturated rings. The molecule has 1 saturated heterocycles. The maximum atomic E-state index is 13.6. The SMILES string of the molecule is Fc1cc(F)c(-c2noc([C@H]3CCCNC3)n2)c(F)c1. The summed E-state index contributed by atoms with van der Waals surface area (Å²) in [5.41, 5.74) is -0.467. The highest BCUT2D eigenvalue weighted by atomic mass is 19.1. The van der Waals surface area contributed by atoms with E-state index in [0.717, 1.165) is 19.4 Å². The zero-order chi connectivity index (χ0) is 14.1. The molecule has 1 N–H and O–H groups in total. The van der Waals surface area contributed by atoms with Crippen LogP contribution < -0.4 is 5.32 Å². The summed E-state index contributed by atoms with van der Waals surface area (Å²) in [6, 6.07) is 1.19. The van der Waals surface area contributed by atoms with E-state index in [1.807, 2.05) is 0 Å². The van der Waals surface area contributed by atoms with Crippen LogP contribution in [0.4, 0.5) is 13.2 Å². The second-order valence-electron chi connectivity index (χ2n) is 4.74. The van der Waals surface area contributed by atoms with Crippen LogP contribution in [0, 0.1) is 17.5 Å². The number of hydrogen-bond acceptors (Lipinski definition) is 4. The Kier molecular flexibility index (Phi) is 3.43. The largest absolute Gasteiger partial charge is 0.339 e. The summed E-state index contributed by atoms with van der Waals surface area (Å²) in [7, 11) is 0. The van der Waals surface area contributed by atoms with Gasteiger partial charge < -0.3 is 9.84 Å². The summed E-state index contributed by atoms with van der Waals surface area (Å²) < 4.78 is 45.2. The lowest BCUT2D eigenvalue weighted by atomic mass is 10.00. The van der Waals surface area contributed by atoms with Gasteiger partial charge in [-0.2, -0.15) is 4.98 Å². The molecule has 2 heterocycles. The maximum Gasteiger partial charge on any atom is 0.231 e. The second-order valence-corrected chi connectivity index (χ2v) is 4.74. The average molecular weight is 283 g/mol. The molecule has 0 radical (unpaired) electrons. The molecule has 1 aliphatic heterocycles. The second kappa shape index (κ2) is 5.24. The third-order valence-corrected chi connectivity index (χ3v) is 3.32. The lowest BCUT2D eigenvalue weighted by Crippen LogP contribution is -2.28. The minimum Gasteiger partial charge on any atom is -0.339 e. The van der Waals surface area contributed by atoms with Gasteiger partial charge in [0.05, 0.1) is 11.5 Å². The van der Waals surface area contributed by atoms with Crippen molar-refractivity contribution in [2.45, 2.75) is 18.8 Å². The van der Waals surface area contributed by atoms with Crippen LogP contribution in [0.1, 0.15) is 24.7 Å². The van der Waals surface area contributed by atoms with Crippen molar-refractivity contribution in [2.24, 2.45) is 0 Å². The first kappa shape index (κ1) is 13.1. The van der Waals surface area contributed by atoms with Crippen molar-refractivity contribution in [1.29, 1.82) is 0 Å². The zero-order valence-corrected chi connectivity index (χ0v) is 10.5. The first-order chi connectivity index (χ1) is 9.65. The fraction of sp³-hybridized carbons (Fsp3) is 0.385. The predicted octanol–water partition coefficient (Wildman–Crippen LogP) is 2.62. The Morgan fingerprint density at radius 3 is 2.60 bits per heavy atom. The highest BCUT2D eigenvalue weighted by Crippen LogP contribution is 2.28. The molecule has 2 aromatic rings. The summed E-state index contributed by atoms with van der Waals surface area (Å²) in [5, 5.41) is 6.78. The van der Waals surface area contributed by atoms with Crippen LogP contribution in [0.15, 0.2) is 16.7 Å². The molecule has 7 heteroatoms. The predicted molar refractivity (Wildman–Crippen MR) is 64.5 cm³/mol. The standard InChI is InChI=1S/C13H12F3N3O/c14-8-4-9(15)11(10(16)5-8)12-18-13(20-19-12)7-2-1-3-17-6-7/h4-5,7,17H,1-3,6H2/t7-/m0/s1. The van der Waals surface area contributed by atoms with Crippen molar-refractivity contribution in [3.8, 4) is 11.4 Å². The topological polar surface area (TPSA) is 51.0 Å². The number of nitrogens with zero attached hydrogens (tertiary/aromatic N) is 2. The van der Waals surface area contributed by atoms with Crippen molar-refractivity contribution < 1.29 is 17.7 Å². The first-order valence-electron chi connectivity index (χ1n) is 6.34. The lowest BCUT2D eigenvalue weighted by molar-refractivity contribution is 0.322. The average Bonchev–Trinajstić information content (AvgIpc) is 2.88. The van der Waals surface area contributed by atoms with Crippen molar-refractivity contribution in [2.75, 3.05) is 13.1 Å². The van der Waals surface area contributed by atoms with Gasteiger partial charge in [-0.3, -0.25) is 0 Å². The third-order valence-electron chi connectivity index (χ3n) is 3.32. The van der Waals surface area contributed by atoms with E-state index < -0.39 is 23.0 Å². The smallest absolute Gasteiger partial charge is 0.231 e. The minimum absolute atomic E-state index is 0.0385. The van der Waals surface area contributed by atoms with E-state index in [9.17, 15) is 13.2 Å². The van der Waals surface area contributed by atoms with Gasteiger partial charge in [0.1, 0.15) is 17.5 Å². The van der Waals surface area contributed by atoms with Crippen LogP contribution in [0.5, 0.6) is 0 Å². The maximum absolute atomic E-state index is 13.6. The van der Waals surface area contributed by atoms with Gasteiger partial charge >= 0.3 is 0 Å². The fourth-order valence-corrected chi connectivity index (χ4v) is 2.32. The fourth-order valence-electron chi connectivity index (χ4n) is 2.32. The molecule has 1 atom stereocenters. The summed E-state index contributed by atoms with van der Waals surface area (Å²) in [6.45, 7) is 1.62. The number of rotatable bonds is 2. The molecule has 0 saturated carbocycles. The summed E-state index contributed by atoms with van der Waals surface area (Å²) in [5.74, 6) is -2.88. The highest BCUT2D eigenvalue weighted by molar-refractivity contribution is 5.56. The first-order valence-corrected chi connectivity index (χ1v) is 6.34. The molecule has 1 aromatic carbocycles. The van der Waals surface area contributed by atoms with Gasteiger partial charge in [0.25, 0.3) is 0 Å². The van der Waals surface area contributed by atoms with Crippen LogP contribution in [-0.2, 0) is 0 Å². The molecule has 1 aromatic heterocycles. The molecule has 0 bridgehead atoms. The van der Waals surface area contributed by atoms with Crippen LogP contribution >= 0.6 is 0 Å². The molecule has 20 heavy (non-hydrogen) atoms. The Balaban J connectivity index is 1.94. The van der Waals surface area contributed by atoms with Gasteiger partial charge in [0, 0.05) is 18.7 Å². The summed E-state index contributed by atoms with van der Waals surface area (Å²) in [6.07, 6.45) is 1.85. The van der Waals surface area contributed by atoms with Crippen LogP contribution in [0.3, 0.4) is 0 Å². The van der Waals surface area contributed by atoms with Gasteiger partial charge in [-0.15, -0.1) is 0 Å². The molecular weight excluding hydrogens is 271 g/mol. The number of hydrogen-bond donors (Lipinski definition) is 1. The van der Waals surface area contributed by atoms with Crippen molar-refractivity contribution in [3.05, 3.63) is 35.5 Å². The molecule has 0 aliphatic carbocycles. The number of nitrogens with one attached hydrogen (secondary N) is 1. The van der Waals surface area contributed by atoms with Crippen LogP contribution in [0.25, 0.3) is 11.4 Å². The van der Waals surface area contributed by atoms with E-state index in [0.29, 0.717) is 24.6 Å². The molecular formula is C13H12F3N3O. The van der Waals surface area contributed by atoms with Gasteiger partial charge in [-0.25, -0.2) is 13.2 Å². The zero-order valence-electron chi connectivity index (χ0n) is 10.5. The van der Waals surface area contributed by atoms with Crippen LogP contribution in [-0.4, -0.2) is 23.2 Å². The number of benzene rings is 1. The van der Waals surface area contributed by atoms with E-state index in [2.05, 4.69) is 15.5 Å². The monoisotopic (exact) mass is 283 g/mol. The Morgan fingerprint density at radius 2 is 1.95 bits per heavy atom. The Hall–Kier alpha value is -1.89. The third kappa shape index (κ3) is 2.40. The highest BCUT2D eigenvalue weighted by Gasteiger charge is 2.24. The molecule has 0 unspecified atom stereocenters. The molecule has 1 aliphatic rings. The van der Waals surface area contributed by atoms with Crippen molar-refractivity contribution >= 4 is 0 Å². The summed E-state index contributed by atoms with van der Waals surface area (Å²) in [4.78, 5) is 4.04. The minimum atomic E-state index is -1.04. The molecule has 0 amide bonds. The van der Waals surface area contributed by atoms with Gasteiger partial charge in [-0.1, -0.05) is 5.16 Å². The van der Waals surface area contributed by atoms with E-state index in [-0.39, 0.29) is 11.7 Å². The molecule has 106 valence electrons. The Labute approximate surface area is 113 Å². The number of aromatic nitrogens is 2. The number of piperidine rings is 1. The summed E-state index contributed by atoms with van der Waals surface area (Å²) >= 11 is 0. The Bertz CT molecular complexity index is 600. The normalized spacial score (nSPS) is 19.2. The van der Waals surface area contributed by atoms with Crippen LogP contribution in [0.2, 0.25) is 0 Å². The van der Waals surface area contributed by atoms with Crippen molar-refractivity contribution in [1.82, 2.24) is 15.5 Å².